The Morgan fingerprint density at radius 1 is 1.11 bits per heavy atom. The van der Waals surface area contributed by atoms with Crippen LogP contribution < -0.4 is 5.32 Å². The molecule has 90 valence electrons. The predicted octanol–water partition coefficient (Wildman–Crippen LogP) is 3.21. The molecule has 2 aromatic carbocycles. The third-order valence-corrected chi connectivity index (χ3v) is 2.97. The van der Waals surface area contributed by atoms with Gasteiger partial charge in [-0.2, -0.15) is 0 Å². The molecule has 1 aromatic heterocycles. The van der Waals surface area contributed by atoms with E-state index in [1.807, 2.05) is 31.3 Å². The van der Waals surface area contributed by atoms with Crippen LogP contribution >= 0.6 is 0 Å². The lowest BCUT2D eigenvalue weighted by atomic mass is 10.0. The first-order valence-electron chi connectivity index (χ1n) is 5.97. The average molecular weight is 238 g/mol. The van der Waals surface area contributed by atoms with E-state index in [0.29, 0.717) is 6.54 Å². The number of hydrogen-bond donors (Lipinski definition) is 1. The molecule has 18 heavy (non-hydrogen) atoms. The quantitative estimate of drug-likeness (QED) is 0.761. The fourth-order valence-corrected chi connectivity index (χ4v) is 2.14. The van der Waals surface area contributed by atoms with Crippen LogP contribution in [0.3, 0.4) is 0 Å². The standard InChI is InChI=1S/C15H14N2O/c1-16-10-12-9-15(18-17-12)14-8-4-6-11-5-2-3-7-13(11)14/h2-9,16H,10H2,1H3. The highest BCUT2D eigenvalue weighted by atomic mass is 16.5. The highest BCUT2D eigenvalue weighted by Gasteiger charge is 2.09. The van der Waals surface area contributed by atoms with Crippen molar-refractivity contribution in [2.45, 2.75) is 6.54 Å². The SMILES string of the molecule is CNCc1cc(-c2cccc3ccccc23)on1. The molecule has 0 amide bonds. The molecular weight excluding hydrogens is 224 g/mol. The topological polar surface area (TPSA) is 38.1 Å². The van der Waals surface area contributed by atoms with E-state index in [2.05, 4.69) is 34.7 Å². The Bertz CT molecular complexity index is 668. The summed E-state index contributed by atoms with van der Waals surface area (Å²) in [5, 5.41) is 9.51. The fraction of sp³-hybridized carbons (Fsp3) is 0.133. The molecule has 0 aliphatic rings. The maximum absolute atomic E-state index is 5.42. The maximum atomic E-state index is 5.42. The number of nitrogens with zero attached hydrogens (tertiary/aromatic N) is 1. The highest BCUT2D eigenvalue weighted by molar-refractivity contribution is 5.95. The lowest BCUT2D eigenvalue weighted by molar-refractivity contribution is 0.422. The molecule has 3 heteroatoms. The Kier molecular flexibility index (Phi) is 2.82. The summed E-state index contributed by atoms with van der Waals surface area (Å²) < 4.78 is 5.42. The Morgan fingerprint density at radius 3 is 2.83 bits per heavy atom. The molecule has 0 aliphatic heterocycles. The van der Waals surface area contributed by atoms with E-state index in [1.54, 1.807) is 0 Å². The monoisotopic (exact) mass is 238 g/mol. The summed E-state index contributed by atoms with van der Waals surface area (Å²) in [6.45, 7) is 0.717. The van der Waals surface area contributed by atoms with Crippen LogP contribution in [0.1, 0.15) is 5.69 Å². The van der Waals surface area contributed by atoms with Crippen molar-refractivity contribution in [2.75, 3.05) is 7.05 Å². The predicted molar refractivity (Wildman–Crippen MR) is 72.2 cm³/mol. The zero-order valence-corrected chi connectivity index (χ0v) is 10.2. The summed E-state index contributed by atoms with van der Waals surface area (Å²) in [6, 6.07) is 16.5. The summed E-state index contributed by atoms with van der Waals surface area (Å²) in [5.41, 5.74) is 2.00. The Hall–Kier alpha value is -2.13. The van der Waals surface area contributed by atoms with Gasteiger partial charge in [-0.25, -0.2) is 0 Å². The van der Waals surface area contributed by atoms with Crippen molar-refractivity contribution in [2.24, 2.45) is 0 Å². The minimum atomic E-state index is 0.717. The van der Waals surface area contributed by atoms with Crippen LogP contribution in [-0.4, -0.2) is 12.2 Å². The van der Waals surface area contributed by atoms with Crippen LogP contribution in [0.2, 0.25) is 0 Å². The van der Waals surface area contributed by atoms with Gasteiger partial charge in [0.2, 0.25) is 0 Å². The van der Waals surface area contributed by atoms with Crippen LogP contribution in [0.4, 0.5) is 0 Å². The molecule has 0 saturated heterocycles. The number of rotatable bonds is 3. The lowest BCUT2D eigenvalue weighted by Crippen LogP contribution is -2.04. The van der Waals surface area contributed by atoms with Crippen LogP contribution in [0.15, 0.2) is 53.1 Å². The minimum absolute atomic E-state index is 0.717. The Balaban J connectivity index is 2.12. The molecule has 0 unspecified atom stereocenters. The third-order valence-electron chi connectivity index (χ3n) is 2.97. The van der Waals surface area contributed by atoms with Crippen molar-refractivity contribution < 1.29 is 4.52 Å². The molecular formula is C15H14N2O. The van der Waals surface area contributed by atoms with E-state index in [9.17, 15) is 0 Å². The summed E-state index contributed by atoms with van der Waals surface area (Å²) in [6.07, 6.45) is 0. The van der Waals surface area contributed by atoms with Gasteiger partial charge in [0.25, 0.3) is 0 Å². The van der Waals surface area contributed by atoms with E-state index in [4.69, 9.17) is 4.52 Å². The second-order valence-corrected chi connectivity index (χ2v) is 4.24. The molecule has 0 bridgehead atoms. The first kappa shape index (κ1) is 11.0. The van der Waals surface area contributed by atoms with E-state index in [1.165, 1.54) is 10.8 Å². The first-order chi connectivity index (χ1) is 8.88. The van der Waals surface area contributed by atoms with E-state index in [-0.39, 0.29) is 0 Å². The van der Waals surface area contributed by atoms with Crippen LogP contribution in [0.25, 0.3) is 22.1 Å². The van der Waals surface area contributed by atoms with Gasteiger partial charge in [0, 0.05) is 18.2 Å². The van der Waals surface area contributed by atoms with Gasteiger partial charge in [-0.1, -0.05) is 47.6 Å². The Morgan fingerprint density at radius 2 is 1.94 bits per heavy atom. The molecule has 0 fully saturated rings. The molecule has 1 N–H and O–H groups in total. The normalized spacial score (nSPS) is 10.9. The summed E-state index contributed by atoms with van der Waals surface area (Å²) in [4.78, 5) is 0. The second kappa shape index (κ2) is 4.63. The summed E-state index contributed by atoms with van der Waals surface area (Å²) in [7, 11) is 1.90. The molecule has 0 radical (unpaired) electrons. The van der Waals surface area contributed by atoms with Gasteiger partial charge in [0.1, 0.15) is 0 Å². The maximum Gasteiger partial charge on any atom is 0.167 e. The highest BCUT2D eigenvalue weighted by Crippen LogP contribution is 2.28. The van der Waals surface area contributed by atoms with Crippen molar-refractivity contribution in [3.8, 4) is 11.3 Å². The van der Waals surface area contributed by atoms with Gasteiger partial charge in [-0.3, -0.25) is 0 Å². The van der Waals surface area contributed by atoms with Crippen molar-refractivity contribution in [1.29, 1.82) is 0 Å². The second-order valence-electron chi connectivity index (χ2n) is 4.24. The smallest absolute Gasteiger partial charge is 0.167 e. The Labute approximate surface area is 105 Å². The largest absolute Gasteiger partial charge is 0.356 e. The van der Waals surface area contributed by atoms with Gasteiger partial charge < -0.3 is 9.84 Å². The van der Waals surface area contributed by atoms with Crippen LogP contribution in [-0.2, 0) is 6.54 Å². The number of fused-ring (bicyclic) bond motifs is 1. The van der Waals surface area contributed by atoms with E-state index in [0.717, 1.165) is 17.0 Å². The third kappa shape index (κ3) is 1.89. The number of nitrogens with one attached hydrogen (secondary N) is 1. The van der Waals surface area contributed by atoms with Crippen molar-refractivity contribution in [3.63, 3.8) is 0 Å². The summed E-state index contributed by atoms with van der Waals surface area (Å²) in [5.74, 6) is 0.817. The zero-order valence-electron chi connectivity index (χ0n) is 10.2. The molecule has 3 aromatic rings. The molecule has 0 spiro atoms. The molecule has 0 saturated carbocycles. The van der Waals surface area contributed by atoms with Crippen molar-refractivity contribution >= 4 is 10.8 Å². The molecule has 0 aliphatic carbocycles. The van der Waals surface area contributed by atoms with E-state index < -0.39 is 0 Å². The average Bonchev–Trinajstić information content (AvgIpc) is 2.87. The van der Waals surface area contributed by atoms with Gasteiger partial charge in [0.05, 0.1) is 5.69 Å². The van der Waals surface area contributed by atoms with Crippen molar-refractivity contribution in [3.05, 3.63) is 54.2 Å². The zero-order chi connectivity index (χ0) is 12.4. The van der Waals surface area contributed by atoms with Crippen molar-refractivity contribution in [1.82, 2.24) is 10.5 Å². The summed E-state index contributed by atoms with van der Waals surface area (Å²) >= 11 is 0. The molecule has 0 atom stereocenters. The lowest BCUT2D eigenvalue weighted by Gasteiger charge is -2.02. The fourth-order valence-electron chi connectivity index (χ4n) is 2.14. The minimum Gasteiger partial charge on any atom is -0.356 e. The van der Waals surface area contributed by atoms with Gasteiger partial charge in [0.15, 0.2) is 5.76 Å². The van der Waals surface area contributed by atoms with Gasteiger partial charge in [-0.05, 0) is 17.8 Å². The van der Waals surface area contributed by atoms with E-state index >= 15 is 0 Å². The van der Waals surface area contributed by atoms with Gasteiger partial charge >= 0.3 is 0 Å². The van der Waals surface area contributed by atoms with Gasteiger partial charge in [-0.15, -0.1) is 0 Å². The van der Waals surface area contributed by atoms with Crippen LogP contribution in [0, 0.1) is 0 Å². The van der Waals surface area contributed by atoms with Crippen LogP contribution in [0.5, 0.6) is 0 Å². The first-order valence-corrected chi connectivity index (χ1v) is 5.97. The number of aromatic nitrogens is 1. The molecule has 3 rings (SSSR count). The molecule has 1 heterocycles. The number of benzene rings is 2. The molecule has 3 nitrogen and oxygen atoms in total. The number of hydrogen-bond acceptors (Lipinski definition) is 3.